The van der Waals surface area contributed by atoms with Gasteiger partial charge in [-0.05, 0) is 104 Å². The Balaban J connectivity index is 1.49. The van der Waals surface area contributed by atoms with E-state index in [2.05, 4.69) is 13.8 Å². The fourth-order valence-electron chi connectivity index (χ4n) is 8.92. The summed E-state index contributed by atoms with van der Waals surface area (Å²) in [6, 6.07) is 0. The molecule has 3 heteroatoms. The van der Waals surface area contributed by atoms with Crippen LogP contribution in [0.2, 0.25) is 0 Å². The van der Waals surface area contributed by atoms with E-state index >= 15 is 0 Å². The van der Waals surface area contributed by atoms with E-state index < -0.39 is 31.6 Å². The first-order valence-electron chi connectivity index (χ1n) is 15.8. The Kier molecular flexibility index (Phi) is 4.64. The number of carbonyl (C=O) groups excluding carboxylic acids is 1. The first-order chi connectivity index (χ1) is 16.9. The van der Waals surface area contributed by atoms with Gasteiger partial charge in [-0.3, -0.25) is 4.79 Å². The molecule has 0 aromatic carbocycles. The molecule has 4 saturated carbocycles. The average molecular weight is 439 g/mol. The lowest BCUT2D eigenvalue weighted by Gasteiger charge is -2.60. The van der Waals surface area contributed by atoms with Gasteiger partial charge in [0.2, 0.25) is 0 Å². The number of carbonyl (C=O) groups is 1. The van der Waals surface area contributed by atoms with E-state index in [0.29, 0.717) is 36.4 Å². The van der Waals surface area contributed by atoms with Gasteiger partial charge in [0.25, 0.3) is 0 Å². The molecule has 0 amide bonds. The van der Waals surface area contributed by atoms with E-state index in [1.165, 1.54) is 0 Å². The van der Waals surface area contributed by atoms with Crippen LogP contribution in [0.1, 0.15) is 107 Å². The minimum Gasteiger partial charge on any atom is -0.393 e. The molecular formula is C28H48O3. The van der Waals surface area contributed by atoms with Crippen LogP contribution in [0.15, 0.2) is 0 Å². The molecule has 4 fully saturated rings. The molecule has 0 spiro atoms. The summed E-state index contributed by atoms with van der Waals surface area (Å²) in [7, 11) is 0. The predicted molar refractivity (Wildman–Crippen MR) is 125 cm³/mol. The third-order valence-corrected chi connectivity index (χ3v) is 10.9. The number of hydrogen-bond donors (Lipinski definition) is 2. The maximum absolute atomic E-state index is 13.4. The summed E-state index contributed by atoms with van der Waals surface area (Å²) in [5.74, 6) is -0.347. The number of hydrogen-bond acceptors (Lipinski definition) is 3. The van der Waals surface area contributed by atoms with E-state index in [1.54, 1.807) is 6.92 Å². The van der Waals surface area contributed by atoms with Crippen LogP contribution in [0.3, 0.4) is 0 Å². The van der Waals surface area contributed by atoms with Gasteiger partial charge in [-0.2, -0.15) is 0 Å². The zero-order chi connectivity index (χ0) is 27.7. The normalized spacial score (nSPS) is 51.6. The summed E-state index contributed by atoms with van der Waals surface area (Å²) in [4.78, 5) is 13.4. The molecule has 178 valence electrons. The number of fused-ring (bicyclic) bond motifs is 5. The average Bonchev–Trinajstić information content (AvgIpc) is 3.09. The monoisotopic (exact) mass is 438 g/mol. The molecule has 0 bridgehead atoms. The highest BCUT2D eigenvalue weighted by molar-refractivity contribution is 5.83. The van der Waals surface area contributed by atoms with Crippen molar-refractivity contribution in [2.75, 3.05) is 0 Å². The summed E-state index contributed by atoms with van der Waals surface area (Å²) in [5.41, 5.74) is -0.0192. The quantitative estimate of drug-likeness (QED) is 0.565. The van der Waals surface area contributed by atoms with Crippen LogP contribution < -0.4 is 0 Å². The third-order valence-electron chi connectivity index (χ3n) is 10.9. The number of ketones is 1. The molecule has 4 rings (SSSR count). The fraction of sp³-hybridized carbons (Fsp3) is 0.964. The number of Topliss-reactive ketones (excluding diaryl/α,β-unsaturated/α-hetero) is 1. The molecule has 0 aliphatic heterocycles. The summed E-state index contributed by atoms with van der Waals surface area (Å²) in [6.45, 7) is 3.13. The van der Waals surface area contributed by atoms with E-state index in [9.17, 15) is 15.0 Å². The molecule has 31 heavy (non-hydrogen) atoms. The zero-order valence-corrected chi connectivity index (χ0v) is 19.9. The predicted octanol–water partition coefficient (Wildman–Crippen LogP) is 5.86. The molecule has 0 heterocycles. The molecular weight excluding hydrogens is 384 g/mol. The number of rotatable bonds is 5. The lowest BCUT2D eigenvalue weighted by molar-refractivity contribution is -0.160. The van der Waals surface area contributed by atoms with Gasteiger partial charge in [0.1, 0.15) is 5.78 Å². The first kappa shape index (κ1) is 17.1. The smallest absolute Gasteiger partial charge is 0.136 e. The van der Waals surface area contributed by atoms with Gasteiger partial charge < -0.3 is 10.2 Å². The lowest BCUT2D eigenvalue weighted by Crippen LogP contribution is -2.57. The highest BCUT2D eigenvalue weighted by atomic mass is 16.3. The fourth-order valence-corrected chi connectivity index (χ4v) is 8.92. The van der Waals surface area contributed by atoms with Crippen LogP contribution in [0, 0.1) is 58.2 Å². The Hall–Kier alpha value is -0.410. The lowest BCUT2D eigenvalue weighted by atomic mass is 9.44. The Labute approximate surface area is 199 Å². The zero-order valence-electron chi connectivity index (χ0n) is 25.9. The van der Waals surface area contributed by atoms with Crippen molar-refractivity contribution in [3.05, 3.63) is 0 Å². The summed E-state index contributed by atoms with van der Waals surface area (Å²) in [5, 5.41) is 21.5. The Morgan fingerprint density at radius 2 is 1.74 bits per heavy atom. The van der Waals surface area contributed by atoms with Gasteiger partial charge >= 0.3 is 0 Å². The Bertz CT molecular complexity index is 844. The topological polar surface area (TPSA) is 57.5 Å². The second kappa shape index (κ2) is 8.42. The second-order valence-corrected chi connectivity index (χ2v) is 12.4. The highest BCUT2D eigenvalue weighted by Crippen LogP contribution is 2.67. The van der Waals surface area contributed by atoms with E-state index in [4.69, 9.17) is 8.22 Å². The van der Waals surface area contributed by atoms with Gasteiger partial charge in [0.05, 0.1) is 12.2 Å². The molecule has 0 aromatic heterocycles. The Morgan fingerprint density at radius 1 is 1.06 bits per heavy atom. The molecule has 4 aliphatic carbocycles. The van der Waals surface area contributed by atoms with Crippen LogP contribution in [0.25, 0.3) is 0 Å². The van der Waals surface area contributed by atoms with Crippen LogP contribution in [0.4, 0.5) is 0 Å². The molecule has 0 unspecified atom stereocenters. The van der Waals surface area contributed by atoms with Gasteiger partial charge in [-0.25, -0.2) is 0 Å². The van der Waals surface area contributed by atoms with Crippen molar-refractivity contribution < 1.29 is 23.2 Å². The SMILES string of the molecule is [2H]C([2H])([2H])C([C@H](C)C[C@H](O)[C@@H](C)[C@H]1CC[C@H]2[C@@H]3CC(=O)[C@H]4C[C@@H](O)CC[C@]4(C)[C@H]3CC[C@]12C)C([2H])([2H])[2H]. The number of aliphatic hydroxyl groups is 2. The molecule has 4 aliphatic rings. The van der Waals surface area contributed by atoms with Crippen LogP contribution in [-0.4, -0.2) is 28.2 Å². The van der Waals surface area contributed by atoms with Crippen LogP contribution in [-0.2, 0) is 4.79 Å². The summed E-state index contributed by atoms with van der Waals surface area (Å²) >= 11 is 0. The largest absolute Gasteiger partial charge is 0.393 e. The highest BCUT2D eigenvalue weighted by Gasteiger charge is 2.62. The van der Waals surface area contributed by atoms with Crippen molar-refractivity contribution in [1.29, 1.82) is 0 Å². The summed E-state index contributed by atoms with van der Waals surface area (Å²) in [6.07, 6.45) is 6.10. The van der Waals surface area contributed by atoms with Crippen molar-refractivity contribution in [2.45, 2.75) is 111 Å². The van der Waals surface area contributed by atoms with Gasteiger partial charge in [-0.15, -0.1) is 0 Å². The van der Waals surface area contributed by atoms with Gasteiger partial charge in [0, 0.05) is 20.6 Å². The molecule has 2 N–H and O–H groups in total. The summed E-state index contributed by atoms with van der Waals surface area (Å²) < 4.78 is 46.7. The molecule has 0 aromatic rings. The minimum atomic E-state index is -2.60. The maximum atomic E-state index is 13.4. The minimum absolute atomic E-state index is 0.00984. The van der Waals surface area contributed by atoms with Crippen LogP contribution >= 0.6 is 0 Å². The molecule has 3 nitrogen and oxygen atoms in total. The van der Waals surface area contributed by atoms with Gasteiger partial charge in [-0.1, -0.05) is 41.4 Å². The van der Waals surface area contributed by atoms with Crippen molar-refractivity contribution >= 4 is 5.78 Å². The van der Waals surface area contributed by atoms with Crippen molar-refractivity contribution in [3.8, 4) is 0 Å². The van der Waals surface area contributed by atoms with Crippen molar-refractivity contribution in [2.24, 2.45) is 58.2 Å². The Morgan fingerprint density at radius 3 is 2.45 bits per heavy atom. The first-order valence-corrected chi connectivity index (χ1v) is 12.8. The maximum Gasteiger partial charge on any atom is 0.136 e. The van der Waals surface area contributed by atoms with E-state index in [1.807, 2.05) is 6.92 Å². The molecule has 11 atom stereocenters. The van der Waals surface area contributed by atoms with Crippen LogP contribution in [0.5, 0.6) is 0 Å². The number of aliphatic hydroxyl groups excluding tert-OH is 2. The van der Waals surface area contributed by atoms with Gasteiger partial charge in [0.15, 0.2) is 0 Å². The van der Waals surface area contributed by atoms with Crippen molar-refractivity contribution in [3.63, 3.8) is 0 Å². The third kappa shape index (κ3) is 3.84. The standard InChI is InChI=1S/C28H48O3/c1-16(2)17(3)13-25(30)18(4)21-7-8-22-20-15-26(31)24-14-19(29)9-11-28(24,6)23(20)10-12-27(21,22)5/h16-25,29-30H,7-15H2,1-6H3/t17-,18+,19+,20+,21-,22+,23+,24-,25+,27-,28-/m1/s1/i1D3,2D3. The second-order valence-electron chi connectivity index (χ2n) is 12.4. The van der Waals surface area contributed by atoms with E-state index in [0.717, 1.165) is 38.5 Å². The molecule has 0 saturated heterocycles. The molecule has 0 radical (unpaired) electrons. The van der Waals surface area contributed by atoms with E-state index in [-0.39, 0.29) is 41.1 Å². The van der Waals surface area contributed by atoms with Crippen molar-refractivity contribution in [1.82, 2.24) is 0 Å².